The summed E-state index contributed by atoms with van der Waals surface area (Å²) in [7, 11) is 3.22. The number of likely N-dealkylation sites (N-methyl/N-ethyl adjacent to an activating group) is 1. The van der Waals surface area contributed by atoms with E-state index in [0.29, 0.717) is 5.69 Å². The van der Waals surface area contributed by atoms with Crippen molar-refractivity contribution in [2.45, 2.75) is 13.5 Å². The first kappa shape index (κ1) is 18.5. The van der Waals surface area contributed by atoms with Crippen LogP contribution in [0.3, 0.4) is 0 Å². The topological polar surface area (TPSA) is 63.6 Å². The van der Waals surface area contributed by atoms with Gasteiger partial charge >= 0.3 is 0 Å². The van der Waals surface area contributed by atoms with Gasteiger partial charge in [0.25, 0.3) is 0 Å². The number of fused-ring (bicyclic) bond motifs is 1. The lowest BCUT2D eigenvalue weighted by molar-refractivity contribution is -0.133. The van der Waals surface area contributed by atoms with Crippen LogP contribution >= 0.6 is 0 Å². The molecule has 0 bridgehead atoms. The van der Waals surface area contributed by atoms with Gasteiger partial charge in [0, 0.05) is 23.9 Å². The van der Waals surface area contributed by atoms with Gasteiger partial charge < -0.3 is 19.5 Å². The maximum atomic E-state index is 12.6. The molecule has 0 aliphatic carbocycles. The van der Waals surface area contributed by atoms with Crippen LogP contribution in [0.2, 0.25) is 0 Å². The van der Waals surface area contributed by atoms with Crippen molar-refractivity contribution < 1.29 is 14.3 Å². The molecule has 0 radical (unpaired) electrons. The molecule has 2 aromatic carbocycles. The molecule has 0 atom stereocenters. The fourth-order valence-electron chi connectivity index (χ4n) is 2.99. The standard InChI is InChI=1S/C21H23N3O3/c1-15-12-16-6-4-5-7-19(16)24(15)14-21(26)23(2)13-20(25)22-17-8-10-18(27-3)11-9-17/h4-12H,13-14H2,1-3H3,(H,22,25). The van der Waals surface area contributed by atoms with Crippen LogP contribution in [0.1, 0.15) is 5.69 Å². The average Bonchev–Trinajstić information content (AvgIpc) is 2.97. The Labute approximate surface area is 158 Å². The molecule has 0 saturated carbocycles. The van der Waals surface area contributed by atoms with Gasteiger partial charge in [-0.25, -0.2) is 0 Å². The molecular formula is C21H23N3O3. The lowest BCUT2D eigenvalue weighted by Crippen LogP contribution is -2.37. The number of ether oxygens (including phenoxy) is 1. The number of nitrogens with one attached hydrogen (secondary N) is 1. The number of aryl methyl sites for hydroxylation is 1. The Morgan fingerprint density at radius 2 is 1.81 bits per heavy atom. The van der Waals surface area contributed by atoms with Gasteiger partial charge in [-0.1, -0.05) is 18.2 Å². The summed E-state index contributed by atoms with van der Waals surface area (Å²) >= 11 is 0. The first-order chi connectivity index (χ1) is 13.0. The first-order valence-electron chi connectivity index (χ1n) is 8.70. The molecule has 0 fully saturated rings. The molecule has 1 N–H and O–H groups in total. The van der Waals surface area contributed by atoms with Crippen LogP contribution in [0.25, 0.3) is 10.9 Å². The number of para-hydroxylation sites is 1. The zero-order valence-electron chi connectivity index (χ0n) is 15.7. The van der Waals surface area contributed by atoms with Crippen LogP contribution in [-0.2, 0) is 16.1 Å². The fraction of sp³-hybridized carbons (Fsp3) is 0.238. The van der Waals surface area contributed by atoms with E-state index in [-0.39, 0.29) is 24.9 Å². The number of amides is 2. The summed E-state index contributed by atoms with van der Waals surface area (Å²) in [4.78, 5) is 26.2. The van der Waals surface area contributed by atoms with E-state index in [1.807, 2.05) is 35.8 Å². The molecule has 1 heterocycles. The highest BCUT2D eigenvalue weighted by atomic mass is 16.5. The Morgan fingerprint density at radius 1 is 1.11 bits per heavy atom. The summed E-state index contributed by atoms with van der Waals surface area (Å²) < 4.78 is 7.06. The molecule has 0 spiro atoms. The van der Waals surface area contributed by atoms with Gasteiger partial charge in [0.15, 0.2) is 0 Å². The SMILES string of the molecule is COc1ccc(NC(=O)CN(C)C(=O)Cn2c(C)cc3ccccc32)cc1. The molecule has 27 heavy (non-hydrogen) atoms. The second-order valence-corrected chi connectivity index (χ2v) is 6.46. The Bertz CT molecular complexity index is 960. The van der Waals surface area contributed by atoms with Gasteiger partial charge in [-0.05, 0) is 48.7 Å². The maximum Gasteiger partial charge on any atom is 0.243 e. The molecule has 0 saturated heterocycles. The van der Waals surface area contributed by atoms with Gasteiger partial charge in [0.2, 0.25) is 11.8 Å². The van der Waals surface area contributed by atoms with E-state index in [2.05, 4.69) is 11.4 Å². The van der Waals surface area contributed by atoms with E-state index in [0.717, 1.165) is 22.3 Å². The predicted molar refractivity (Wildman–Crippen MR) is 106 cm³/mol. The summed E-state index contributed by atoms with van der Waals surface area (Å²) in [5.41, 5.74) is 2.69. The van der Waals surface area contributed by atoms with Crippen LogP contribution in [0, 0.1) is 6.92 Å². The minimum atomic E-state index is -0.245. The number of rotatable bonds is 6. The molecular weight excluding hydrogens is 342 g/mol. The van der Waals surface area contributed by atoms with Gasteiger partial charge in [-0.2, -0.15) is 0 Å². The minimum Gasteiger partial charge on any atom is -0.497 e. The molecule has 6 nitrogen and oxygen atoms in total. The molecule has 3 aromatic rings. The lowest BCUT2D eigenvalue weighted by Gasteiger charge is -2.18. The van der Waals surface area contributed by atoms with E-state index >= 15 is 0 Å². The van der Waals surface area contributed by atoms with Crippen molar-refractivity contribution in [1.29, 1.82) is 0 Å². The summed E-state index contributed by atoms with van der Waals surface area (Å²) in [5, 5.41) is 3.88. The minimum absolute atomic E-state index is 0.0108. The van der Waals surface area contributed by atoms with Gasteiger partial charge in [-0.15, -0.1) is 0 Å². The molecule has 1 aromatic heterocycles. The Morgan fingerprint density at radius 3 is 2.52 bits per heavy atom. The summed E-state index contributed by atoms with van der Waals surface area (Å²) in [6.45, 7) is 2.17. The normalized spacial score (nSPS) is 10.6. The van der Waals surface area contributed by atoms with E-state index in [9.17, 15) is 9.59 Å². The second kappa shape index (κ2) is 7.95. The molecule has 0 aliphatic heterocycles. The highest BCUT2D eigenvalue weighted by molar-refractivity contribution is 5.94. The summed E-state index contributed by atoms with van der Waals surface area (Å²) in [6, 6.07) is 17.1. The molecule has 0 aliphatic rings. The number of aromatic nitrogens is 1. The Hall–Kier alpha value is -3.28. The molecule has 0 unspecified atom stereocenters. The number of hydrogen-bond acceptors (Lipinski definition) is 3. The van der Waals surface area contributed by atoms with Crippen LogP contribution in [0.15, 0.2) is 54.6 Å². The van der Waals surface area contributed by atoms with E-state index < -0.39 is 0 Å². The van der Waals surface area contributed by atoms with Crippen molar-refractivity contribution in [3.05, 3.63) is 60.3 Å². The molecule has 6 heteroatoms. The van der Waals surface area contributed by atoms with Gasteiger partial charge in [0.05, 0.1) is 13.7 Å². The van der Waals surface area contributed by atoms with Gasteiger partial charge in [-0.3, -0.25) is 9.59 Å². The summed E-state index contributed by atoms with van der Waals surface area (Å²) in [6.07, 6.45) is 0. The van der Waals surface area contributed by atoms with Crippen molar-refractivity contribution in [3.8, 4) is 5.75 Å². The molecule has 2 amide bonds. The third-order valence-corrected chi connectivity index (χ3v) is 4.49. The highest BCUT2D eigenvalue weighted by Gasteiger charge is 2.16. The summed E-state index contributed by atoms with van der Waals surface area (Å²) in [5.74, 6) is 0.351. The molecule has 3 rings (SSSR count). The highest BCUT2D eigenvalue weighted by Crippen LogP contribution is 2.19. The molecule has 140 valence electrons. The number of benzene rings is 2. The number of anilines is 1. The number of carbonyl (C=O) groups excluding carboxylic acids is 2. The largest absolute Gasteiger partial charge is 0.497 e. The lowest BCUT2D eigenvalue weighted by atomic mass is 10.2. The van der Waals surface area contributed by atoms with Crippen molar-refractivity contribution in [1.82, 2.24) is 9.47 Å². The zero-order chi connectivity index (χ0) is 19.4. The zero-order valence-corrected chi connectivity index (χ0v) is 15.7. The monoisotopic (exact) mass is 365 g/mol. The fourth-order valence-corrected chi connectivity index (χ4v) is 2.99. The van der Waals surface area contributed by atoms with E-state index in [1.165, 1.54) is 4.90 Å². The van der Waals surface area contributed by atoms with Crippen LogP contribution in [0.5, 0.6) is 5.75 Å². The van der Waals surface area contributed by atoms with Crippen molar-refractivity contribution >= 4 is 28.4 Å². The Kier molecular flexibility index (Phi) is 5.45. The van der Waals surface area contributed by atoms with Crippen molar-refractivity contribution in [2.75, 3.05) is 26.0 Å². The van der Waals surface area contributed by atoms with Crippen LogP contribution < -0.4 is 10.1 Å². The van der Waals surface area contributed by atoms with E-state index in [1.54, 1.807) is 38.4 Å². The predicted octanol–water partition coefficient (Wildman–Crippen LogP) is 3.06. The number of hydrogen-bond donors (Lipinski definition) is 1. The second-order valence-electron chi connectivity index (χ2n) is 6.46. The maximum absolute atomic E-state index is 12.6. The number of nitrogens with zero attached hydrogens (tertiary/aromatic N) is 2. The Balaban J connectivity index is 1.61. The third-order valence-electron chi connectivity index (χ3n) is 4.49. The average molecular weight is 365 g/mol. The van der Waals surface area contributed by atoms with Crippen molar-refractivity contribution in [3.63, 3.8) is 0 Å². The quantitative estimate of drug-likeness (QED) is 0.730. The van der Waals surface area contributed by atoms with Crippen molar-refractivity contribution in [2.24, 2.45) is 0 Å². The van der Waals surface area contributed by atoms with Crippen LogP contribution in [0.4, 0.5) is 5.69 Å². The smallest absolute Gasteiger partial charge is 0.243 e. The number of carbonyl (C=O) groups is 2. The third kappa shape index (κ3) is 4.28. The van der Waals surface area contributed by atoms with Crippen LogP contribution in [-0.4, -0.2) is 42.0 Å². The van der Waals surface area contributed by atoms with Gasteiger partial charge in [0.1, 0.15) is 12.3 Å². The number of methoxy groups -OCH3 is 1. The van der Waals surface area contributed by atoms with E-state index in [4.69, 9.17) is 4.74 Å². The first-order valence-corrected chi connectivity index (χ1v) is 8.70.